The Morgan fingerprint density at radius 1 is 1.40 bits per heavy atom. The lowest BCUT2D eigenvalue weighted by molar-refractivity contribution is 0.0759. The normalized spacial score (nSPS) is 9.80. The van der Waals surface area contributed by atoms with E-state index in [1.165, 1.54) is 18.2 Å². The summed E-state index contributed by atoms with van der Waals surface area (Å²) in [5.74, 6) is 4.73. The number of amides is 1. The van der Waals surface area contributed by atoms with Crippen LogP contribution in [0.4, 0.5) is 4.39 Å². The van der Waals surface area contributed by atoms with E-state index in [1.807, 2.05) is 13.8 Å². The Labute approximate surface area is 119 Å². The van der Waals surface area contributed by atoms with Crippen LogP contribution in [0.3, 0.4) is 0 Å². The maximum atomic E-state index is 13.8. The smallest absolute Gasteiger partial charge is 0.256 e. The molecular weight excluding hydrogens is 257 g/mol. The standard InChI is InChI=1S/C16H20FNO2/c1-3-10-18(4-2)16(20)14-12-13(7-5-6-11-19)8-9-15(14)17/h8-9,12,19H,3-4,6,10-11H2,1-2H3. The van der Waals surface area contributed by atoms with Crippen molar-refractivity contribution in [3.8, 4) is 11.8 Å². The van der Waals surface area contributed by atoms with Crippen LogP contribution in [0.5, 0.6) is 0 Å². The van der Waals surface area contributed by atoms with Crippen molar-refractivity contribution in [2.45, 2.75) is 26.7 Å². The van der Waals surface area contributed by atoms with E-state index in [9.17, 15) is 9.18 Å². The molecule has 0 spiro atoms. The molecule has 0 aliphatic heterocycles. The van der Waals surface area contributed by atoms with E-state index in [2.05, 4.69) is 11.8 Å². The van der Waals surface area contributed by atoms with Crippen molar-refractivity contribution in [2.24, 2.45) is 0 Å². The molecule has 0 heterocycles. The first kappa shape index (κ1) is 16.2. The minimum atomic E-state index is -0.530. The number of nitrogens with zero attached hydrogens (tertiary/aromatic N) is 1. The summed E-state index contributed by atoms with van der Waals surface area (Å²) in [4.78, 5) is 13.9. The highest BCUT2D eigenvalue weighted by atomic mass is 19.1. The lowest BCUT2D eigenvalue weighted by Crippen LogP contribution is -2.32. The molecular formula is C16H20FNO2. The summed E-state index contributed by atoms with van der Waals surface area (Å²) < 4.78 is 13.8. The molecule has 0 saturated heterocycles. The summed E-state index contributed by atoms with van der Waals surface area (Å²) in [6, 6.07) is 4.27. The lowest BCUT2D eigenvalue weighted by Gasteiger charge is -2.20. The van der Waals surface area contributed by atoms with Crippen LogP contribution in [0.2, 0.25) is 0 Å². The second kappa shape index (κ2) is 8.34. The number of benzene rings is 1. The molecule has 1 N–H and O–H groups in total. The quantitative estimate of drug-likeness (QED) is 0.840. The molecule has 0 aliphatic carbocycles. The number of halogens is 1. The van der Waals surface area contributed by atoms with Gasteiger partial charge in [-0.25, -0.2) is 4.39 Å². The van der Waals surface area contributed by atoms with Gasteiger partial charge in [-0.2, -0.15) is 0 Å². The average Bonchev–Trinajstić information content (AvgIpc) is 2.46. The van der Waals surface area contributed by atoms with Crippen molar-refractivity contribution in [1.29, 1.82) is 0 Å². The van der Waals surface area contributed by atoms with E-state index in [4.69, 9.17) is 5.11 Å². The zero-order valence-electron chi connectivity index (χ0n) is 11.9. The zero-order valence-corrected chi connectivity index (χ0v) is 11.9. The number of carbonyl (C=O) groups excluding carboxylic acids is 1. The molecule has 108 valence electrons. The first-order chi connectivity index (χ1) is 9.63. The van der Waals surface area contributed by atoms with Crippen LogP contribution in [0.25, 0.3) is 0 Å². The van der Waals surface area contributed by atoms with Crippen LogP contribution in [0, 0.1) is 17.7 Å². The Morgan fingerprint density at radius 3 is 2.75 bits per heavy atom. The van der Waals surface area contributed by atoms with Crippen LogP contribution >= 0.6 is 0 Å². The molecule has 0 bridgehead atoms. The Kier molecular flexibility index (Phi) is 6.75. The van der Waals surface area contributed by atoms with Gasteiger partial charge in [-0.15, -0.1) is 0 Å². The van der Waals surface area contributed by atoms with Crippen LogP contribution in [-0.4, -0.2) is 35.6 Å². The predicted octanol–water partition coefficient (Wildman–Crippen LogP) is 2.43. The van der Waals surface area contributed by atoms with Crippen molar-refractivity contribution < 1.29 is 14.3 Å². The van der Waals surface area contributed by atoms with Gasteiger partial charge in [0.2, 0.25) is 0 Å². The zero-order chi connectivity index (χ0) is 15.0. The van der Waals surface area contributed by atoms with E-state index in [-0.39, 0.29) is 18.1 Å². The molecule has 0 aliphatic rings. The highest BCUT2D eigenvalue weighted by Gasteiger charge is 2.17. The van der Waals surface area contributed by atoms with E-state index >= 15 is 0 Å². The third kappa shape index (κ3) is 4.36. The molecule has 1 aromatic carbocycles. The number of aliphatic hydroxyl groups is 1. The van der Waals surface area contributed by atoms with Crippen LogP contribution in [0.1, 0.15) is 42.6 Å². The Morgan fingerprint density at radius 2 is 2.15 bits per heavy atom. The first-order valence-corrected chi connectivity index (χ1v) is 6.82. The van der Waals surface area contributed by atoms with Crippen molar-refractivity contribution in [2.75, 3.05) is 19.7 Å². The van der Waals surface area contributed by atoms with Crippen LogP contribution < -0.4 is 0 Å². The fraction of sp³-hybridized carbons (Fsp3) is 0.438. The van der Waals surface area contributed by atoms with Gasteiger partial charge in [-0.05, 0) is 31.5 Å². The van der Waals surface area contributed by atoms with Gasteiger partial charge < -0.3 is 10.0 Å². The molecule has 0 saturated carbocycles. The number of carbonyl (C=O) groups is 1. The lowest BCUT2D eigenvalue weighted by atomic mass is 10.1. The van der Waals surface area contributed by atoms with Crippen molar-refractivity contribution in [3.63, 3.8) is 0 Å². The van der Waals surface area contributed by atoms with Gasteiger partial charge in [0.15, 0.2) is 0 Å². The summed E-state index contributed by atoms with van der Waals surface area (Å²) in [6.45, 7) is 4.99. The maximum Gasteiger partial charge on any atom is 0.256 e. The molecule has 4 heteroatoms. The molecule has 0 fully saturated rings. The fourth-order valence-electron chi connectivity index (χ4n) is 1.83. The summed E-state index contributed by atoms with van der Waals surface area (Å²) in [5, 5.41) is 8.67. The monoisotopic (exact) mass is 277 g/mol. The number of hydrogen-bond donors (Lipinski definition) is 1. The molecule has 20 heavy (non-hydrogen) atoms. The summed E-state index contributed by atoms with van der Waals surface area (Å²) in [7, 11) is 0. The van der Waals surface area contributed by atoms with Gasteiger partial charge in [0.1, 0.15) is 5.82 Å². The van der Waals surface area contributed by atoms with Gasteiger partial charge >= 0.3 is 0 Å². The van der Waals surface area contributed by atoms with Crippen LogP contribution in [0.15, 0.2) is 18.2 Å². The summed E-state index contributed by atoms with van der Waals surface area (Å²) in [6.07, 6.45) is 1.19. The molecule has 1 amide bonds. The van der Waals surface area contributed by atoms with Gasteiger partial charge in [0, 0.05) is 25.1 Å². The third-order valence-electron chi connectivity index (χ3n) is 2.83. The SMILES string of the molecule is CCCN(CC)C(=O)c1cc(C#CCCO)ccc1F. The van der Waals surface area contributed by atoms with Gasteiger partial charge in [-0.1, -0.05) is 18.8 Å². The highest BCUT2D eigenvalue weighted by Crippen LogP contribution is 2.13. The van der Waals surface area contributed by atoms with Gasteiger partial charge in [-0.3, -0.25) is 4.79 Å². The Balaban J connectivity index is 3.02. The minimum absolute atomic E-state index is 0.0138. The van der Waals surface area contributed by atoms with Crippen molar-refractivity contribution >= 4 is 5.91 Å². The van der Waals surface area contributed by atoms with Crippen molar-refractivity contribution in [3.05, 3.63) is 35.1 Å². The summed E-state index contributed by atoms with van der Waals surface area (Å²) >= 11 is 0. The molecule has 3 nitrogen and oxygen atoms in total. The highest BCUT2D eigenvalue weighted by molar-refractivity contribution is 5.94. The van der Waals surface area contributed by atoms with E-state index < -0.39 is 5.82 Å². The second-order valence-corrected chi connectivity index (χ2v) is 4.35. The predicted molar refractivity (Wildman–Crippen MR) is 76.8 cm³/mol. The molecule has 1 rings (SSSR count). The maximum absolute atomic E-state index is 13.8. The van der Waals surface area contributed by atoms with Gasteiger partial charge in [0.05, 0.1) is 12.2 Å². The topological polar surface area (TPSA) is 40.5 Å². The molecule has 0 radical (unpaired) electrons. The molecule has 0 atom stereocenters. The minimum Gasteiger partial charge on any atom is -0.395 e. The number of hydrogen-bond acceptors (Lipinski definition) is 2. The first-order valence-electron chi connectivity index (χ1n) is 6.82. The fourth-order valence-corrected chi connectivity index (χ4v) is 1.83. The van der Waals surface area contributed by atoms with Crippen molar-refractivity contribution in [1.82, 2.24) is 4.90 Å². The molecule has 1 aromatic rings. The number of aliphatic hydroxyl groups excluding tert-OH is 1. The third-order valence-corrected chi connectivity index (χ3v) is 2.83. The van der Waals surface area contributed by atoms with E-state index in [0.717, 1.165) is 6.42 Å². The molecule has 0 unspecified atom stereocenters. The largest absolute Gasteiger partial charge is 0.395 e. The molecule has 0 aromatic heterocycles. The van der Waals surface area contributed by atoms with Gasteiger partial charge in [0.25, 0.3) is 5.91 Å². The Hall–Kier alpha value is -1.86. The Bertz CT molecular complexity index is 517. The second-order valence-electron chi connectivity index (χ2n) is 4.35. The van der Waals surface area contributed by atoms with Crippen LogP contribution in [-0.2, 0) is 0 Å². The van der Waals surface area contributed by atoms with E-state index in [0.29, 0.717) is 25.1 Å². The average molecular weight is 277 g/mol. The number of rotatable bonds is 5. The summed E-state index contributed by atoms with van der Waals surface area (Å²) in [5.41, 5.74) is 0.631. The van der Waals surface area contributed by atoms with E-state index in [1.54, 1.807) is 4.90 Å².